The minimum absolute atomic E-state index is 0.0449. The van der Waals surface area contributed by atoms with Gasteiger partial charge in [-0.05, 0) is 32.2 Å². The van der Waals surface area contributed by atoms with Crippen molar-refractivity contribution < 1.29 is 5.11 Å². The zero-order valence-electron chi connectivity index (χ0n) is 8.03. The largest absolute Gasteiger partial charge is 0.393 e. The Hall–Kier alpha value is -0.0800. The minimum Gasteiger partial charge on any atom is -0.393 e. The molecule has 2 aliphatic heterocycles. The van der Waals surface area contributed by atoms with Crippen molar-refractivity contribution in [2.45, 2.75) is 50.8 Å². The Morgan fingerprint density at radius 1 is 1.33 bits per heavy atom. The molecule has 4 atom stereocenters. The first-order chi connectivity index (χ1) is 5.70. The molecule has 2 bridgehead atoms. The number of piperidine rings is 2. The van der Waals surface area contributed by atoms with Crippen LogP contribution in [0.5, 0.6) is 0 Å². The van der Waals surface area contributed by atoms with Crippen LogP contribution in [0.3, 0.4) is 0 Å². The maximum Gasteiger partial charge on any atom is 0.0595 e. The average Bonchev–Trinajstić information content (AvgIpc) is 2.04. The summed E-state index contributed by atoms with van der Waals surface area (Å²) in [5.74, 6) is 0.478. The molecule has 70 valence electrons. The van der Waals surface area contributed by atoms with E-state index in [2.05, 4.69) is 18.9 Å². The van der Waals surface area contributed by atoms with Crippen LogP contribution < -0.4 is 0 Å². The van der Waals surface area contributed by atoms with Crippen LogP contribution in [0, 0.1) is 5.92 Å². The topological polar surface area (TPSA) is 23.5 Å². The molecule has 0 amide bonds. The van der Waals surface area contributed by atoms with Crippen molar-refractivity contribution in [1.29, 1.82) is 0 Å². The van der Waals surface area contributed by atoms with Crippen LogP contribution in [0.25, 0.3) is 0 Å². The van der Waals surface area contributed by atoms with Crippen LogP contribution in [0.2, 0.25) is 0 Å². The Bertz CT molecular complexity index is 167. The van der Waals surface area contributed by atoms with E-state index in [1.165, 1.54) is 19.3 Å². The molecular formula is C10H19NO. The number of hydrogen-bond acceptors (Lipinski definition) is 2. The van der Waals surface area contributed by atoms with Crippen molar-refractivity contribution in [3.63, 3.8) is 0 Å². The Morgan fingerprint density at radius 3 is 2.83 bits per heavy atom. The highest BCUT2D eigenvalue weighted by Gasteiger charge is 2.40. The molecule has 2 rings (SSSR count). The van der Waals surface area contributed by atoms with Gasteiger partial charge in [0.15, 0.2) is 0 Å². The molecular weight excluding hydrogens is 150 g/mol. The van der Waals surface area contributed by atoms with Gasteiger partial charge in [0.1, 0.15) is 0 Å². The van der Waals surface area contributed by atoms with Crippen molar-refractivity contribution in [3.05, 3.63) is 0 Å². The van der Waals surface area contributed by atoms with Crippen LogP contribution in [-0.4, -0.2) is 35.2 Å². The summed E-state index contributed by atoms with van der Waals surface area (Å²) >= 11 is 0. The lowest BCUT2D eigenvalue weighted by molar-refractivity contribution is -0.0533. The van der Waals surface area contributed by atoms with Crippen LogP contribution in [0.1, 0.15) is 32.6 Å². The molecule has 0 aliphatic carbocycles. The summed E-state index contributed by atoms with van der Waals surface area (Å²) < 4.78 is 0. The van der Waals surface area contributed by atoms with E-state index in [0.29, 0.717) is 18.0 Å². The number of fused-ring (bicyclic) bond motifs is 2. The SMILES string of the molecule is CC1[C@H]2CCC[C@@H](C[C@@H]1O)N2C. The van der Waals surface area contributed by atoms with Gasteiger partial charge < -0.3 is 10.0 Å². The molecule has 2 heterocycles. The van der Waals surface area contributed by atoms with Gasteiger partial charge in [-0.1, -0.05) is 13.3 Å². The van der Waals surface area contributed by atoms with E-state index in [1.54, 1.807) is 0 Å². The summed E-state index contributed by atoms with van der Waals surface area (Å²) in [7, 11) is 2.22. The second-order valence-corrected chi connectivity index (χ2v) is 4.48. The van der Waals surface area contributed by atoms with E-state index in [0.717, 1.165) is 6.42 Å². The maximum atomic E-state index is 9.77. The van der Waals surface area contributed by atoms with Gasteiger partial charge >= 0.3 is 0 Å². The molecule has 1 N–H and O–H groups in total. The second-order valence-electron chi connectivity index (χ2n) is 4.48. The first kappa shape index (κ1) is 8.52. The summed E-state index contributed by atoms with van der Waals surface area (Å²) in [5, 5.41) is 9.77. The fourth-order valence-electron chi connectivity index (χ4n) is 2.91. The number of aliphatic hydroxyl groups is 1. The number of rotatable bonds is 0. The third kappa shape index (κ3) is 1.17. The first-order valence-electron chi connectivity index (χ1n) is 5.10. The maximum absolute atomic E-state index is 9.77. The molecule has 2 nitrogen and oxygen atoms in total. The summed E-state index contributed by atoms with van der Waals surface area (Å²) in [6.45, 7) is 2.19. The van der Waals surface area contributed by atoms with E-state index in [4.69, 9.17) is 0 Å². The van der Waals surface area contributed by atoms with E-state index in [9.17, 15) is 5.11 Å². The molecule has 0 spiro atoms. The summed E-state index contributed by atoms with van der Waals surface area (Å²) in [6, 6.07) is 1.31. The van der Waals surface area contributed by atoms with Gasteiger partial charge in [0.25, 0.3) is 0 Å². The highest BCUT2D eigenvalue weighted by atomic mass is 16.3. The van der Waals surface area contributed by atoms with Gasteiger partial charge in [0, 0.05) is 12.1 Å². The molecule has 2 heteroatoms. The lowest BCUT2D eigenvalue weighted by atomic mass is 9.77. The fourth-order valence-corrected chi connectivity index (χ4v) is 2.91. The van der Waals surface area contributed by atoms with E-state index in [1.807, 2.05) is 0 Å². The number of hydrogen-bond donors (Lipinski definition) is 1. The molecule has 0 aromatic carbocycles. The average molecular weight is 169 g/mol. The molecule has 0 saturated carbocycles. The van der Waals surface area contributed by atoms with Gasteiger partial charge in [-0.2, -0.15) is 0 Å². The predicted molar refractivity (Wildman–Crippen MR) is 49.0 cm³/mol. The summed E-state index contributed by atoms with van der Waals surface area (Å²) in [4.78, 5) is 2.49. The van der Waals surface area contributed by atoms with Crippen molar-refractivity contribution in [1.82, 2.24) is 4.90 Å². The zero-order chi connectivity index (χ0) is 8.72. The lowest BCUT2D eigenvalue weighted by Crippen LogP contribution is -2.55. The van der Waals surface area contributed by atoms with E-state index >= 15 is 0 Å². The van der Waals surface area contributed by atoms with Gasteiger partial charge in [0.2, 0.25) is 0 Å². The lowest BCUT2D eigenvalue weighted by Gasteiger charge is -2.49. The molecule has 0 aromatic rings. The van der Waals surface area contributed by atoms with Gasteiger partial charge in [-0.15, -0.1) is 0 Å². The molecule has 2 saturated heterocycles. The monoisotopic (exact) mass is 169 g/mol. The highest BCUT2D eigenvalue weighted by Crippen LogP contribution is 2.35. The van der Waals surface area contributed by atoms with Gasteiger partial charge in [-0.25, -0.2) is 0 Å². The quantitative estimate of drug-likeness (QED) is 0.590. The minimum atomic E-state index is -0.0449. The first-order valence-corrected chi connectivity index (χ1v) is 5.10. The van der Waals surface area contributed by atoms with Crippen molar-refractivity contribution in [2.75, 3.05) is 7.05 Å². The van der Waals surface area contributed by atoms with Crippen LogP contribution >= 0.6 is 0 Å². The third-order valence-electron chi connectivity index (χ3n) is 3.86. The predicted octanol–water partition coefficient (Wildman–Crippen LogP) is 1.24. The van der Waals surface area contributed by atoms with Crippen molar-refractivity contribution >= 4 is 0 Å². The smallest absolute Gasteiger partial charge is 0.0595 e. The van der Waals surface area contributed by atoms with E-state index in [-0.39, 0.29) is 6.10 Å². The fraction of sp³-hybridized carbons (Fsp3) is 1.00. The summed E-state index contributed by atoms with van der Waals surface area (Å²) in [6.07, 6.45) is 4.88. The molecule has 1 unspecified atom stereocenters. The Labute approximate surface area is 74.6 Å². The third-order valence-corrected chi connectivity index (χ3v) is 3.86. The molecule has 2 aliphatic rings. The molecule has 2 fully saturated rings. The number of aliphatic hydroxyl groups excluding tert-OH is 1. The molecule has 0 aromatic heterocycles. The van der Waals surface area contributed by atoms with Crippen LogP contribution in [0.15, 0.2) is 0 Å². The molecule has 0 radical (unpaired) electrons. The number of nitrogens with zero attached hydrogens (tertiary/aromatic N) is 1. The normalized spacial score (nSPS) is 49.2. The Morgan fingerprint density at radius 2 is 2.08 bits per heavy atom. The van der Waals surface area contributed by atoms with Crippen LogP contribution in [-0.2, 0) is 0 Å². The Balaban J connectivity index is 2.14. The van der Waals surface area contributed by atoms with E-state index < -0.39 is 0 Å². The van der Waals surface area contributed by atoms with Crippen LogP contribution in [0.4, 0.5) is 0 Å². The highest BCUT2D eigenvalue weighted by molar-refractivity contribution is 4.94. The van der Waals surface area contributed by atoms with Crippen molar-refractivity contribution in [2.24, 2.45) is 5.92 Å². The van der Waals surface area contributed by atoms with Crippen molar-refractivity contribution in [3.8, 4) is 0 Å². The second kappa shape index (κ2) is 3.00. The Kier molecular flexibility index (Phi) is 2.13. The van der Waals surface area contributed by atoms with Gasteiger partial charge in [0.05, 0.1) is 6.10 Å². The molecule has 12 heavy (non-hydrogen) atoms. The van der Waals surface area contributed by atoms with Gasteiger partial charge in [-0.3, -0.25) is 0 Å². The standard InChI is InChI=1S/C10H19NO/c1-7-9-5-3-4-8(11(9)2)6-10(7)12/h7-10,12H,3-6H2,1-2H3/t7?,8-,9+,10-/m0/s1. The zero-order valence-corrected chi connectivity index (χ0v) is 8.03. The summed E-state index contributed by atoms with van der Waals surface area (Å²) in [5.41, 5.74) is 0.